The SMILES string of the molecule is Cc1cc(Cl)cc(C#CCC=O)c1. The first-order valence-corrected chi connectivity index (χ1v) is 4.30. The van der Waals surface area contributed by atoms with E-state index in [1.807, 2.05) is 19.1 Å². The average Bonchev–Trinajstić information content (AvgIpc) is 2.03. The van der Waals surface area contributed by atoms with Crippen LogP contribution in [-0.2, 0) is 4.79 Å². The minimum atomic E-state index is 0.269. The lowest BCUT2D eigenvalue weighted by Crippen LogP contribution is -1.78. The molecule has 0 heterocycles. The fourth-order valence-electron chi connectivity index (χ4n) is 1.00. The molecule has 1 rings (SSSR count). The Hall–Kier alpha value is -1.26. The summed E-state index contributed by atoms with van der Waals surface area (Å²) in [6.07, 6.45) is 1.05. The summed E-state index contributed by atoms with van der Waals surface area (Å²) in [7, 11) is 0. The maximum atomic E-state index is 10.0. The van der Waals surface area contributed by atoms with Gasteiger partial charge in [-0.1, -0.05) is 23.4 Å². The van der Waals surface area contributed by atoms with Crippen molar-refractivity contribution in [2.24, 2.45) is 0 Å². The minimum absolute atomic E-state index is 0.269. The molecule has 1 aromatic rings. The topological polar surface area (TPSA) is 17.1 Å². The summed E-state index contributed by atoms with van der Waals surface area (Å²) in [5.74, 6) is 5.59. The summed E-state index contributed by atoms with van der Waals surface area (Å²) in [6, 6.07) is 5.59. The Bertz CT molecular complexity index is 351. The van der Waals surface area contributed by atoms with Crippen molar-refractivity contribution in [1.29, 1.82) is 0 Å². The van der Waals surface area contributed by atoms with Gasteiger partial charge < -0.3 is 4.79 Å². The van der Waals surface area contributed by atoms with Crippen molar-refractivity contribution in [3.63, 3.8) is 0 Å². The molecule has 0 spiro atoms. The molecule has 0 amide bonds. The van der Waals surface area contributed by atoms with Crippen LogP contribution in [0, 0.1) is 18.8 Å². The smallest absolute Gasteiger partial charge is 0.131 e. The monoisotopic (exact) mass is 192 g/mol. The van der Waals surface area contributed by atoms with E-state index in [1.54, 1.807) is 6.07 Å². The highest BCUT2D eigenvalue weighted by Crippen LogP contribution is 2.13. The maximum Gasteiger partial charge on any atom is 0.131 e. The second-order valence-corrected chi connectivity index (χ2v) is 3.13. The molecule has 0 aromatic heterocycles. The van der Waals surface area contributed by atoms with Crippen molar-refractivity contribution in [3.05, 3.63) is 34.3 Å². The number of aldehydes is 1. The van der Waals surface area contributed by atoms with Gasteiger partial charge in [-0.25, -0.2) is 0 Å². The third-order valence-electron chi connectivity index (χ3n) is 1.46. The van der Waals surface area contributed by atoms with Gasteiger partial charge in [-0.05, 0) is 30.7 Å². The molecule has 0 N–H and O–H groups in total. The van der Waals surface area contributed by atoms with Gasteiger partial charge >= 0.3 is 0 Å². The molecule has 0 fully saturated rings. The van der Waals surface area contributed by atoms with Gasteiger partial charge in [0, 0.05) is 10.6 Å². The minimum Gasteiger partial charge on any atom is -0.302 e. The van der Waals surface area contributed by atoms with Crippen LogP contribution in [0.3, 0.4) is 0 Å². The fourth-order valence-corrected chi connectivity index (χ4v) is 1.29. The molecule has 1 nitrogen and oxygen atoms in total. The van der Waals surface area contributed by atoms with Gasteiger partial charge in [0.05, 0.1) is 6.42 Å². The Morgan fingerprint density at radius 1 is 1.46 bits per heavy atom. The Kier molecular flexibility index (Phi) is 3.54. The van der Waals surface area contributed by atoms with Crippen LogP contribution in [-0.4, -0.2) is 6.29 Å². The lowest BCUT2D eigenvalue weighted by molar-refractivity contribution is -0.107. The van der Waals surface area contributed by atoms with Gasteiger partial charge in [-0.3, -0.25) is 0 Å². The number of carbonyl (C=O) groups excluding carboxylic acids is 1. The van der Waals surface area contributed by atoms with Crippen molar-refractivity contribution in [3.8, 4) is 11.8 Å². The van der Waals surface area contributed by atoms with E-state index in [-0.39, 0.29) is 6.42 Å². The Morgan fingerprint density at radius 3 is 2.85 bits per heavy atom. The highest BCUT2D eigenvalue weighted by Gasteiger charge is 1.92. The number of hydrogen-bond acceptors (Lipinski definition) is 1. The van der Waals surface area contributed by atoms with Gasteiger partial charge in [0.15, 0.2) is 0 Å². The van der Waals surface area contributed by atoms with Crippen LogP contribution in [0.5, 0.6) is 0 Å². The van der Waals surface area contributed by atoms with Crippen LogP contribution in [0.1, 0.15) is 17.5 Å². The molecule has 2 heteroatoms. The molecule has 0 aliphatic carbocycles. The van der Waals surface area contributed by atoms with Crippen molar-refractivity contribution in [1.82, 2.24) is 0 Å². The first-order valence-electron chi connectivity index (χ1n) is 3.92. The van der Waals surface area contributed by atoms with Gasteiger partial charge in [0.2, 0.25) is 0 Å². The summed E-state index contributed by atoms with van der Waals surface area (Å²) in [5.41, 5.74) is 1.93. The van der Waals surface area contributed by atoms with E-state index in [0.29, 0.717) is 5.02 Å². The number of carbonyl (C=O) groups is 1. The molecule has 0 saturated heterocycles. The Morgan fingerprint density at radius 2 is 2.23 bits per heavy atom. The molecule has 0 bridgehead atoms. The molecule has 0 aliphatic heterocycles. The molecular formula is C11H9ClO. The van der Waals surface area contributed by atoms with E-state index in [2.05, 4.69) is 11.8 Å². The number of rotatable bonds is 1. The highest BCUT2D eigenvalue weighted by atomic mass is 35.5. The standard InChI is InChI=1S/C11H9ClO/c1-9-6-10(4-2-3-5-13)8-11(12)7-9/h5-8H,3H2,1H3. The lowest BCUT2D eigenvalue weighted by atomic mass is 10.1. The molecule has 0 unspecified atom stereocenters. The number of aryl methyl sites for hydroxylation is 1. The molecule has 1 aromatic carbocycles. The molecule has 13 heavy (non-hydrogen) atoms. The van der Waals surface area contributed by atoms with Crippen molar-refractivity contribution < 1.29 is 4.79 Å². The Balaban J connectivity index is 2.90. The van der Waals surface area contributed by atoms with E-state index in [1.165, 1.54) is 0 Å². The zero-order valence-corrected chi connectivity index (χ0v) is 8.06. The van der Waals surface area contributed by atoms with Crippen LogP contribution in [0.25, 0.3) is 0 Å². The number of benzene rings is 1. The van der Waals surface area contributed by atoms with Crippen LogP contribution in [0.4, 0.5) is 0 Å². The van der Waals surface area contributed by atoms with Gasteiger partial charge in [-0.2, -0.15) is 0 Å². The second-order valence-electron chi connectivity index (χ2n) is 2.69. The lowest BCUT2D eigenvalue weighted by Gasteiger charge is -1.95. The van der Waals surface area contributed by atoms with E-state index in [0.717, 1.165) is 17.4 Å². The summed E-state index contributed by atoms with van der Waals surface area (Å²) >= 11 is 5.83. The van der Waals surface area contributed by atoms with Crippen LogP contribution in [0.2, 0.25) is 5.02 Å². The van der Waals surface area contributed by atoms with Crippen LogP contribution < -0.4 is 0 Å². The zero-order chi connectivity index (χ0) is 9.68. The van der Waals surface area contributed by atoms with Crippen molar-refractivity contribution in [2.45, 2.75) is 13.3 Å². The molecule has 0 atom stereocenters. The first-order chi connectivity index (χ1) is 6.22. The summed E-state index contributed by atoms with van der Waals surface area (Å²) < 4.78 is 0. The van der Waals surface area contributed by atoms with Gasteiger partial charge in [0.1, 0.15) is 6.29 Å². The van der Waals surface area contributed by atoms with Crippen LogP contribution >= 0.6 is 11.6 Å². The quantitative estimate of drug-likeness (QED) is 0.494. The normalized spacial score (nSPS) is 8.77. The first kappa shape index (κ1) is 9.83. The van der Waals surface area contributed by atoms with Gasteiger partial charge in [0.25, 0.3) is 0 Å². The summed E-state index contributed by atoms with van der Waals surface area (Å²) in [4.78, 5) is 10.0. The zero-order valence-electron chi connectivity index (χ0n) is 7.30. The Labute approximate surface area is 82.7 Å². The molecular weight excluding hydrogens is 184 g/mol. The molecule has 0 radical (unpaired) electrons. The fraction of sp³-hybridized carbons (Fsp3) is 0.182. The summed E-state index contributed by atoms with van der Waals surface area (Å²) in [5, 5.41) is 0.676. The third kappa shape index (κ3) is 3.31. The van der Waals surface area contributed by atoms with Gasteiger partial charge in [-0.15, -0.1) is 0 Å². The predicted octanol–water partition coefficient (Wildman–Crippen LogP) is 2.59. The highest BCUT2D eigenvalue weighted by molar-refractivity contribution is 6.30. The predicted molar refractivity (Wildman–Crippen MR) is 53.7 cm³/mol. The molecule has 66 valence electrons. The number of halogens is 1. The second kappa shape index (κ2) is 4.69. The molecule has 0 saturated carbocycles. The van der Waals surface area contributed by atoms with E-state index < -0.39 is 0 Å². The van der Waals surface area contributed by atoms with E-state index in [4.69, 9.17) is 11.6 Å². The largest absolute Gasteiger partial charge is 0.302 e. The maximum absolute atomic E-state index is 10.0. The van der Waals surface area contributed by atoms with Crippen molar-refractivity contribution in [2.75, 3.05) is 0 Å². The third-order valence-corrected chi connectivity index (χ3v) is 1.68. The van der Waals surface area contributed by atoms with Crippen LogP contribution in [0.15, 0.2) is 18.2 Å². The van der Waals surface area contributed by atoms with E-state index >= 15 is 0 Å². The van der Waals surface area contributed by atoms with E-state index in [9.17, 15) is 4.79 Å². The number of hydrogen-bond donors (Lipinski definition) is 0. The van der Waals surface area contributed by atoms with Crippen molar-refractivity contribution >= 4 is 17.9 Å². The average molecular weight is 193 g/mol. The summed E-state index contributed by atoms with van der Waals surface area (Å²) in [6.45, 7) is 1.96. The molecule has 0 aliphatic rings.